The number of nitrogens with one attached hydrogen (secondary N) is 1. The highest BCUT2D eigenvalue weighted by Crippen LogP contribution is 2.33. The molecule has 3 rings (SSSR count). The molecule has 1 aliphatic rings. The number of carbonyl (C=O) groups is 1. The van der Waals surface area contributed by atoms with E-state index in [4.69, 9.17) is 0 Å². The van der Waals surface area contributed by atoms with Gasteiger partial charge in [-0.1, -0.05) is 17.7 Å². The SMILES string of the molecule is Cc1cc(C)c(NS(=O)(=O)c2c(C)cc(N3C(=O)CCS3(=O)=O)cc2C)c(C)c1. The standard InChI is InChI=1S/C20H24N2O5S2/c1-12-8-13(2)19(14(3)9-12)21-29(26,27)20-15(4)10-17(11-16(20)5)22-18(23)6-7-28(22,24)25/h8-11,21H,6-7H2,1-5H3. The largest absolute Gasteiger partial charge is 0.279 e. The van der Waals surface area contributed by atoms with Crippen molar-refractivity contribution in [3.05, 3.63) is 52.1 Å². The lowest BCUT2D eigenvalue weighted by atomic mass is 10.1. The zero-order chi connectivity index (χ0) is 21.7. The van der Waals surface area contributed by atoms with Gasteiger partial charge in [0.2, 0.25) is 15.9 Å². The summed E-state index contributed by atoms with van der Waals surface area (Å²) in [4.78, 5) is 12.1. The molecule has 0 spiro atoms. The Kier molecular flexibility index (Phi) is 5.25. The van der Waals surface area contributed by atoms with Crippen LogP contribution in [0, 0.1) is 34.6 Å². The highest BCUT2D eigenvalue weighted by molar-refractivity contribution is 7.94. The van der Waals surface area contributed by atoms with E-state index in [1.54, 1.807) is 13.8 Å². The molecule has 7 nitrogen and oxygen atoms in total. The summed E-state index contributed by atoms with van der Waals surface area (Å²) >= 11 is 0. The van der Waals surface area contributed by atoms with Gasteiger partial charge < -0.3 is 0 Å². The first-order chi connectivity index (χ1) is 13.3. The summed E-state index contributed by atoms with van der Waals surface area (Å²) in [6, 6.07) is 6.66. The van der Waals surface area contributed by atoms with Crippen molar-refractivity contribution in [1.29, 1.82) is 0 Å². The first kappa shape index (κ1) is 21.3. The van der Waals surface area contributed by atoms with Crippen LogP contribution in [0.3, 0.4) is 0 Å². The van der Waals surface area contributed by atoms with Gasteiger partial charge in [-0.25, -0.2) is 21.1 Å². The van der Waals surface area contributed by atoms with E-state index in [0.717, 1.165) is 21.0 Å². The molecule has 0 aromatic heterocycles. The van der Waals surface area contributed by atoms with E-state index < -0.39 is 26.0 Å². The van der Waals surface area contributed by atoms with Crippen molar-refractivity contribution in [2.24, 2.45) is 0 Å². The highest BCUT2D eigenvalue weighted by Gasteiger charge is 2.37. The summed E-state index contributed by atoms with van der Waals surface area (Å²) in [5.41, 5.74) is 4.09. The zero-order valence-electron chi connectivity index (χ0n) is 17.0. The number of hydrogen-bond donors (Lipinski definition) is 1. The molecule has 1 aliphatic heterocycles. The molecule has 1 amide bonds. The number of anilines is 2. The van der Waals surface area contributed by atoms with Crippen molar-refractivity contribution < 1.29 is 21.6 Å². The van der Waals surface area contributed by atoms with E-state index in [2.05, 4.69) is 4.72 Å². The lowest BCUT2D eigenvalue weighted by molar-refractivity contribution is -0.116. The van der Waals surface area contributed by atoms with Crippen LogP contribution in [0.4, 0.5) is 11.4 Å². The Hall–Kier alpha value is -2.39. The number of amides is 1. The van der Waals surface area contributed by atoms with Gasteiger partial charge in [0.15, 0.2) is 0 Å². The smallest absolute Gasteiger partial charge is 0.262 e. The molecule has 0 aliphatic carbocycles. The lowest BCUT2D eigenvalue weighted by Gasteiger charge is -2.20. The van der Waals surface area contributed by atoms with Crippen LogP contribution in [0.1, 0.15) is 34.2 Å². The predicted octanol–water partition coefficient (Wildman–Crippen LogP) is 3.10. The second kappa shape index (κ2) is 7.14. The fourth-order valence-electron chi connectivity index (χ4n) is 3.86. The topological polar surface area (TPSA) is 101 Å². The van der Waals surface area contributed by atoms with Gasteiger partial charge in [0, 0.05) is 6.42 Å². The maximum absolute atomic E-state index is 13.1. The van der Waals surface area contributed by atoms with Gasteiger partial charge in [-0.15, -0.1) is 0 Å². The molecule has 1 fully saturated rings. The molecular formula is C20H24N2O5S2. The van der Waals surface area contributed by atoms with Crippen LogP contribution in [0.2, 0.25) is 0 Å². The summed E-state index contributed by atoms with van der Waals surface area (Å²) in [6.07, 6.45) is -0.0754. The summed E-state index contributed by atoms with van der Waals surface area (Å²) in [6.45, 7) is 8.80. The molecule has 0 bridgehead atoms. The maximum atomic E-state index is 13.1. The Labute approximate surface area is 171 Å². The Morgan fingerprint density at radius 3 is 1.86 bits per heavy atom. The third kappa shape index (κ3) is 3.89. The number of hydrogen-bond acceptors (Lipinski definition) is 5. The van der Waals surface area contributed by atoms with E-state index in [0.29, 0.717) is 16.8 Å². The first-order valence-corrected chi connectivity index (χ1v) is 12.2. The summed E-state index contributed by atoms with van der Waals surface area (Å²) in [5.74, 6) is -0.749. The van der Waals surface area contributed by atoms with E-state index in [1.807, 2.05) is 32.9 Å². The van der Waals surface area contributed by atoms with Gasteiger partial charge in [-0.3, -0.25) is 9.52 Å². The fraction of sp³-hybridized carbons (Fsp3) is 0.350. The second-order valence-corrected chi connectivity index (χ2v) is 11.1. The Morgan fingerprint density at radius 1 is 0.897 bits per heavy atom. The third-order valence-corrected chi connectivity index (χ3v) is 8.29. The molecule has 9 heteroatoms. The number of aryl methyl sites for hydroxylation is 5. The molecule has 0 saturated carbocycles. The molecule has 0 unspecified atom stereocenters. The second-order valence-electron chi connectivity index (χ2n) is 7.51. The van der Waals surface area contributed by atoms with Crippen LogP contribution < -0.4 is 9.03 Å². The van der Waals surface area contributed by atoms with Crippen molar-refractivity contribution in [2.75, 3.05) is 14.8 Å². The number of sulfonamides is 2. The van der Waals surface area contributed by atoms with Crippen LogP contribution in [0.25, 0.3) is 0 Å². The maximum Gasteiger partial charge on any atom is 0.262 e. The Morgan fingerprint density at radius 2 is 1.41 bits per heavy atom. The minimum absolute atomic E-state index is 0.0738. The molecule has 1 saturated heterocycles. The van der Waals surface area contributed by atoms with E-state index in [9.17, 15) is 21.6 Å². The number of carbonyl (C=O) groups excluding carboxylic acids is 1. The van der Waals surface area contributed by atoms with Gasteiger partial charge in [0.05, 0.1) is 22.0 Å². The van der Waals surface area contributed by atoms with Crippen molar-refractivity contribution in [2.45, 2.75) is 45.9 Å². The van der Waals surface area contributed by atoms with Gasteiger partial charge in [-0.2, -0.15) is 0 Å². The van der Waals surface area contributed by atoms with Crippen LogP contribution >= 0.6 is 0 Å². The third-order valence-electron chi connectivity index (χ3n) is 4.94. The van der Waals surface area contributed by atoms with Gasteiger partial charge >= 0.3 is 0 Å². The van der Waals surface area contributed by atoms with Gasteiger partial charge in [0.25, 0.3) is 10.0 Å². The molecular weight excluding hydrogens is 412 g/mol. The van der Waals surface area contributed by atoms with Gasteiger partial charge in [0.1, 0.15) is 0 Å². The molecule has 0 radical (unpaired) electrons. The first-order valence-electron chi connectivity index (χ1n) is 9.11. The van der Waals surface area contributed by atoms with E-state index >= 15 is 0 Å². The molecule has 0 atom stereocenters. The van der Waals surface area contributed by atoms with Crippen LogP contribution in [0.15, 0.2) is 29.2 Å². The molecule has 2 aromatic carbocycles. The number of rotatable bonds is 4. The van der Waals surface area contributed by atoms with Crippen LogP contribution in [0.5, 0.6) is 0 Å². The zero-order valence-corrected chi connectivity index (χ0v) is 18.7. The average Bonchev–Trinajstić information content (AvgIpc) is 2.83. The van der Waals surface area contributed by atoms with Crippen LogP contribution in [-0.2, 0) is 24.8 Å². The Bertz CT molecular complexity index is 1190. The molecule has 156 valence electrons. The molecule has 1 heterocycles. The van der Waals surface area contributed by atoms with E-state index in [-0.39, 0.29) is 22.8 Å². The molecule has 29 heavy (non-hydrogen) atoms. The van der Waals surface area contributed by atoms with Crippen molar-refractivity contribution in [1.82, 2.24) is 0 Å². The van der Waals surface area contributed by atoms with Crippen LogP contribution in [-0.4, -0.2) is 28.5 Å². The number of benzene rings is 2. The van der Waals surface area contributed by atoms with Crippen molar-refractivity contribution in [3.8, 4) is 0 Å². The van der Waals surface area contributed by atoms with Gasteiger partial charge in [-0.05, 0) is 69.0 Å². The number of nitrogens with zero attached hydrogens (tertiary/aromatic N) is 1. The minimum Gasteiger partial charge on any atom is -0.279 e. The molecule has 2 aromatic rings. The van der Waals surface area contributed by atoms with Crippen molar-refractivity contribution >= 4 is 37.3 Å². The summed E-state index contributed by atoms with van der Waals surface area (Å²) in [7, 11) is -7.63. The predicted molar refractivity (Wildman–Crippen MR) is 113 cm³/mol. The normalized spacial score (nSPS) is 16.3. The minimum atomic E-state index is -3.92. The summed E-state index contributed by atoms with van der Waals surface area (Å²) < 4.78 is 54.1. The molecule has 1 N–H and O–H groups in total. The average molecular weight is 437 g/mol. The highest BCUT2D eigenvalue weighted by atomic mass is 32.2. The van der Waals surface area contributed by atoms with Crippen molar-refractivity contribution in [3.63, 3.8) is 0 Å². The van der Waals surface area contributed by atoms with E-state index in [1.165, 1.54) is 12.1 Å². The quantitative estimate of drug-likeness (QED) is 0.794. The monoisotopic (exact) mass is 436 g/mol. The Balaban J connectivity index is 2.07. The summed E-state index contributed by atoms with van der Waals surface area (Å²) in [5, 5.41) is 0. The lowest BCUT2D eigenvalue weighted by Crippen LogP contribution is -2.29. The fourth-order valence-corrected chi connectivity index (χ4v) is 6.97.